The van der Waals surface area contributed by atoms with Gasteiger partial charge in [0.15, 0.2) is 0 Å². The van der Waals surface area contributed by atoms with E-state index in [1.165, 1.54) is 0 Å². The third-order valence-corrected chi connectivity index (χ3v) is 5.78. The Bertz CT molecular complexity index is 441. The first-order valence-corrected chi connectivity index (χ1v) is 7.06. The molecule has 0 aromatic heterocycles. The van der Waals surface area contributed by atoms with Gasteiger partial charge in [0.05, 0.1) is 11.7 Å². The molecule has 0 amide bonds. The number of aliphatic hydroxyl groups excluding tert-OH is 1. The fourth-order valence-electron chi connectivity index (χ4n) is 4.51. The van der Waals surface area contributed by atoms with Crippen LogP contribution in [0.2, 0.25) is 0 Å². The van der Waals surface area contributed by atoms with E-state index < -0.39 is 11.7 Å². The van der Waals surface area contributed by atoms with E-state index in [2.05, 4.69) is 6.58 Å². The van der Waals surface area contributed by atoms with Gasteiger partial charge >= 0.3 is 5.97 Å². The molecular formula is C15H22O4. The van der Waals surface area contributed by atoms with Crippen LogP contribution in [0.25, 0.3) is 0 Å². The SMILES string of the molecule is C=C1C(=O)O[C@@H]2C[C@]3(C)[C@H](O)CC[C@](C)(O)[C@H]3C[C@@H]12. The molecule has 1 saturated heterocycles. The summed E-state index contributed by atoms with van der Waals surface area (Å²) in [4.78, 5) is 11.6. The molecule has 2 saturated carbocycles. The molecule has 0 bridgehead atoms. The zero-order valence-corrected chi connectivity index (χ0v) is 11.6. The van der Waals surface area contributed by atoms with Crippen LogP contribution in [0.4, 0.5) is 0 Å². The molecule has 1 aliphatic heterocycles. The van der Waals surface area contributed by atoms with Crippen LogP contribution in [-0.2, 0) is 9.53 Å². The van der Waals surface area contributed by atoms with Crippen molar-refractivity contribution < 1.29 is 19.7 Å². The van der Waals surface area contributed by atoms with E-state index in [1.807, 2.05) is 13.8 Å². The smallest absolute Gasteiger partial charge is 0.334 e. The Hall–Kier alpha value is -0.870. The van der Waals surface area contributed by atoms with Crippen molar-refractivity contribution in [1.29, 1.82) is 0 Å². The van der Waals surface area contributed by atoms with Gasteiger partial charge in [0.2, 0.25) is 0 Å². The molecule has 4 heteroatoms. The maximum absolute atomic E-state index is 11.6. The molecule has 1 heterocycles. The summed E-state index contributed by atoms with van der Waals surface area (Å²) in [5, 5.41) is 21.0. The van der Waals surface area contributed by atoms with Gasteiger partial charge in [-0.05, 0) is 38.5 Å². The van der Waals surface area contributed by atoms with Crippen LogP contribution < -0.4 is 0 Å². The molecule has 3 rings (SSSR count). The van der Waals surface area contributed by atoms with Crippen molar-refractivity contribution in [3.05, 3.63) is 12.2 Å². The number of carbonyl (C=O) groups excluding carboxylic acids is 1. The Kier molecular flexibility index (Phi) is 2.64. The lowest BCUT2D eigenvalue weighted by atomic mass is 9.51. The highest BCUT2D eigenvalue weighted by atomic mass is 16.6. The summed E-state index contributed by atoms with van der Waals surface area (Å²) in [5.41, 5.74) is -0.637. The lowest BCUT2D eigenvalue weighted by Gasteiger charge is -2.56. The number of ether oxygens (including phenoxy) is 1. The highest BCUT2D eigenvalue weighted by molar-refractivity contribution is 5.90. The van der Waals surface area contributed by atoms with Crippen molar-refractivity contribution in [3.8, 4) is 0 Å². The molecule has 19 heavy (non-hydrogen) atoms. The monoisotopic (exact) mass is 266 g/mol. The summed E-state index contributed by atoms with van der Waals surface area (Å²) >= 11 is 0. The number of carbonyl (C=O) groups is 1. The van der Waals surface area contributed by atoms with Crippen molar-refractivity contribution in [2.24, 2.45) is 17.3 Å². The highest BCUT2D eigenvalue weighted by Crippen LogP contribution is 2.58. The molecule has 106 valence electrons. The zero-order chi connectivity index (χ0) is 14.0. The van der Waals surface area contributed by atoms with E-state index in [0.717, 1.165) is 0 Å². The van der Waals surface area contributed by atoms with Gasteiger partial charge in [-0.3, -0.25) is 0 Å². The molecule has 0 unspecified atom stereocenters. The Morgan fingerprint density at radius 1 is 1.42 bits per heavy atom. The first-order valence-electron chi connectivity index (χ1n) is 7.06. The van der Waals surface area contributed by atoms with Crippen molar-refractivity contribution in [3.63, 3.8) is 0 Å². The number of aliphatic hydroxyl groups is 2. The summed E-state index contributed by atoms with van der Waals surface area (Å²) < 4.78 is 5.38. The van der Waals surface area contributed by atoms with Crippen LogP contribution in [0.5, 0.6) is 0 Å². The molecule has 3 aliphatic rings. The fourth-order valence-corrected chi connectivity index (χ4v) is 4.51. The topological polar surface area (TPSA) is 66.8 Å². The minimum Gasteiger partial charge on any atom is -0.458 e. The third-order valence-electron chi connectivity index (χ3n) is 5.78. The average Bonchev–Trinajstić information content (AvgIpc) is 2.59. The Labute approximate surface area is 113 Å². The molecule has 0 aromatic carbocycles. The summed E-state index contributed by atoms with van der Waals surface area (Å²) in [5.74, 6) is -0.329. The normalized spacial score (nSPS) is 53.5. The van der Waals surface area contributed by atoms with Crippen LogP contribution in [0.3, 0.4) is 0 Å². The minimum atomic E-state index is -0.787. The predicted molar refractivity (Wildman–Crippen MR) is 69.2 cm³/mol. The number of fused-ring (bicyclic) bond motifs is 2. The second-order valence-corrected chi connectivity index (χ2v) is 6.99. The first kappa shape index (κ1) is 13.1. The molecule has 2 N–H and O–H groups in total. The predicted octanol–water partition coefficient (Wildman–Crippen LogP) is 1.41. The minimum absolute atomic E-state index is 0.00218. The molecular weight excluding hydrogens is 244 g/mol. The Morgan fingerprint density at radius 3 is 2.79 bits per heavy atom. The van der Waals surface area contributed by atoms with Gasteiger partial charge < -0.3 is 14.9 Å². The Balaban J connectivity index is 1.97. The summed E-state index contributed by atoms with van der Waals surface area (Å²) in [6.07, 6.45) is 1.88. The van der Waals surface area contributed by atoms with Gasteiger partial charge in [-0.25, -0.2) is 4.79 Å². The van der Waals surface area contributed by atoms with Crippen molar-refractivity contribution in [1.82, 2.24) is 0 Å². The molecule has 0 spiro atoms. The number of esters is 1. The first-order chi connectivity index (χ1) is 8.75. The molecule has 6 atom stereocenters. The largest absolute Gasteiger partial charge is 0.458 e. The lowest BCUT2D eigenvalue weighted by Crippen LogP contribution is -2.59. The van der Waals surface area contributed by atoms with E-state index in [9.17, 15) is 15.0 Å². The van der Waals surface area contributed by atoms with Crippen LogP contribution >= 0.6 is 0 Å². The molecule has 0 aromatic rings. The maximum atomic E-state index is 11.6. The van der Waals surface area contributed by atoms with Gasteiger partial charge in [0, 0.05) is 16.9 Å². The van der Waals surface area contributed by atoms with E-state index in [1.54, 1.807) is 0 Å². The second-order valence-electron chi connectivity index (χ2n) is 6.99. The summed E-state index contributed by atoms with van der Waals surface area (Å²) in [6.45, 7) is 7.69. The third kappa shape index (κ3) is 1.69. The lowest BCUT2D eigenvalue weighted by molar-refractivity contribution is -0.189. The van der Waals surface area contributed by atoms with Crippen LogP contribution in [0, 0.1) is 17.3 Å². The number of rotatable bonds is 0. The van der Waals surface area contributed by atoms with Gasteiger partial charge in [-0.2, -0.15) is 0 Å². The van der Waals surface area contributed by atoms with Crippen molar-refractivity contribution in [2.45, 2.75) is 57.3 Å². The number of hydrogen-bond acceptors (Lipinski definition) is 4. The van der Waals surface area contributed by atoms with Gasteiger partial charge in [0.1, 0.15) is 6.10 Å². The van der Waals surface area contributed by atoms with E-state index in [-0.39, 0.29) is 29.3 Å². The molecule has 4 nitrogen and oxygen atoms in total. The maximum Gasteiger partial charge on any atom is 0.334 e. The summed E-state index contributed by atoms with van der Waals surface area (Å²) in [7, 11) is 0. The van der Waals surface area contributed by atoms with E-state index >= 15 is 0 Å². The molecule has 0 radical (unpaired) electrons. The number of hydrogen-bond donors (Lipinski definition) is 2. The van der Waals surface area contributed by atoms with Crippen LogP contribution in [0.1, 0.15) is 39.5 Å². The average molecular weight is 266 g/mol. The standard InChI is InChI=1S/C15H22O4/c1-8-9-6-11-14(2,7-10(9)19-13(8)17)12(16)4-5-15(11,3)18/h9-12,16,18H,1,4-7H2,2-3H3/t9-,10+,11-,12+,14-,15-/m0/s1. The van der Waals surface area contributed by atoms with Gasteiger partial charge in [0.25, 0.3) is 0 Å². The quantitative estimate of drug-likeness (QED) is 0.514. The van der Waals surface area contributed by atoms with Crippen molar-refractivity contribution >= 4 is 5.97 Å². The zero-order valence-electron chi connectivity index (χ0n) is 11.6. The fraction of sp³-hybridized carbons (Fsp3) is 0.800. The van der Waals surface area contributed by atoms with Crippen LogP contribution in [0.15, 0.2) is 12.2 Å². The van der Waals surface area contributed by atoms with Gasteiger partial charge in [-0.1, -0.05) is 13.5 Å². The highest BCUT2D eigenvalue weighted by Gasteiger charge is 2.60. The van der Waals surface area contributed by atoms with Crippen LogP contribution in [-0.4, -0.2) is 34.0 Å². The Morgan fingerprint density at radius 2 is 2.11 bits per heavy atom. The van der Waals surface area contributed by atoms with Gasteiger partial charge in [-0.15, -0.1) is 0 Å². The molecule has 2 aliphatic carbocycles. The summed E-state index contributed by atoms with van der Waals surface area (Å²) in [6, 6.07) is 0. The second kappa shape index (κ2) is 3.83. The van der Waals surface area contributed by atoms with Crippen molar-refractivity contribution in [2.75, 3.05) is 0 Å². The van der Waals surface area contributed by atoms with E-state index in [4.69, 9.17) is 4.74 Å². The van der Waals surface area contributed by atoms with E-state index in [0.29, 0.717) is 31.3 Å². The molecule has 3 fully saturated rings.